The molecule has 0 aliphatic heterocycles. The Morgan fingerprint density at radius 2 is 1.92 bits per heavy atom. The Kier molecular flexibility index (Phi) is 11.1. The molecule has 10 nitrogen and oxygen atoms in total. The first kappa shape index (κ1) is 28.5. The number of halogens is 1. The van der Waals surface area contributed by atoms with E-state index in [2.05, 4.69) is 20.7 Å². The molecular formula is C25H36FN7O3. The largest absolute Gasteiger partial charge is 0.494 e. The summed E-state index contributed by atoms with van der Waals surface area (Å²) in [6.07, 6.45) is 6.27. The van der Waals surface area contributed by atoms with E-state index in [-0.39, 0.29) is 29.7 Å². The first-order valence-corrected chi connectivity index (χ1v) is 11.8. The van der Waals surface area contributed by atoms with Crippen LogP contribution in [-0.4, -0.2) is 48.0 Å². The molecule has 0 saturated heterocycles. The molecule has 0 radical (unpaired) electrons. The van der Waals surface area contributed by atoms with Gasteiger partial charge in [0.25, 0.3) is 5.91 Å². The number of methoxy groups -OCH3 is 1. The summed E-state index contributed by atoms with van der Waals surface area (Å²) in [5, 5.41) is 10.7. The van der Waals surface area contributed by atoms with Gasteiger partial charge in [0.1, 0.15) is 5.69 Å². The summed E-state index contributed by atoms with van der Waals surface area (Å²) in [5.74, 6) is 4.98. The molecule has 0 bridgehead atoms. The van der Waals surface area contributed by atoms with E-state index in [4.69, 9.17) is 16.3 Å². The van der Waals surface area contributed by atoms with E-state index in [1.54, 1.807) is 26.0 Å². The molecule has 1 saturated carbocycles. The van der Waals surface area contributed by atoms with Crippen LogP contribution in [0.4, 0.5) is 4.39 Å². The van der Waals surface area contributed by atoms with Crippen molar-refractivity contribution < 1.29 is 18.7 Å². The third kappa shape index (κ3) is 9.49. The van der Waals surface area contributed by atoms with E-state index in [1.807, 2.05) is 0 Å². The van der Waals surface area contributed by atoms with Crippen LogP contribution in [-0.2, 0) is 11.3 Å². The summed E-state index contributed by atoms with van der Waals surface area (Å²) in [5.41, 5.74) is 7.88. The molecule has 0 spiro atoms. The Labute approximate surface area is 211 Å². The molecule has 1 aromatic carbocycles. The number of aromatic nitrogens is 1. The number of amides is 2. The fraction of sp³-hybridized carbons (Fsp3) is 0.440. The van der Waals surface area contributed by atoms with Gasteiger partial charge in [-0.25, -0.2) is 20.3 Å². The number of carbonyl (C=O) groups is 2. The van der Waals surface area contributed by atoms with Crippen molar-refractivity contribution in [2.75, 3.05) is 14.2 Å². The van der Waals surface area contributed by atoms with Crippen molar-refractivity contribution in [1.29, 1.82) is 0 Å². The molecular weight excluding hydrogens is 465 g/mol. The molecule has 11 heteroatoms. The number of nitrogens with zero attached hydrogens (tertiary/aromatic N) is 3. The number of benzene rings is 1. The molecule has 1 aliphatic rings. The highest BCUT2D eigenvalue weighted by Gasteiger charge is 2.13. The lowest BCUT2D eigenvalue weighted by Crippen LogP contribution is -2.34. The van der Waals surface area contributed by atoms with Crippen molar-refractivity contribution in [3.8, 4) is 5.75 Å². The highest BCUT2D eigenvalue weighted by Crippen LogP contribution is 2.18. The fourth-order valence-corrected chi connectivity index (χ4v) is 3.78. The summed E-state index contributed by atoms with van der Waals surface area (Å²) in [7, 11) is 2.91. The van der Waals surface area contributed by atoms with Gasteiger partial charge >= 0.3 is 0 Å². The van der Waals surface area contributed by atoms with Crippen LogP contribution in [0.2, 0.25) is 0 Å². The maximum absolute atomic E-state index is 13.4. The van der Waals surface area contributed by atoms with E-state index in [9.17, 15) is 14.0 Å². The number of amidine groups is 1. The first-order chi connectivity index (χ1) is 17.1. The summed E-state index contributed by atoms with van der Waals surface area (Å²) in [6.45, 7) is 3.52. The van der Waals surface area contributed by atoms with Crippen molar-refractivity contribution in [3.05, 3.63) is 58.7 Å². The van der Waals surface area contributed by atoms with E-state index in [0.29, 0.717) is 22.9 Å². The van der Waals surface area contributed by atoms with Crippen LogP contribution in [0.15, 0.2) is 35.4 Å². The van der Waals surface area contributed by atoms with E-state index < -0.39 is 11.7 Å². The zero-order valence-corrected chi connectivity index (χ0v) is 21.3. The second kappa shape index (κ2) is 14.0. The molecule has 0 unspecified atom stereocenters. The first-order valence-electron chi connectivity index (χ1n) is 11.8. The molecule has 1 aromatic heterocycles. The standard InChI is InChI=1S/C17H21FN6O2.C8H15NO/c1-10-6-12(16(19)23-24(2)20)8-14(22-10)17(25)21-9-11-4-5-13(18)15(7-11)26-3;1-7(10)9-8-5-3-2-4-6-8/h4-8H,9,20H2,1-3H3,(H2,19,23)(H,21,25);8H,2-6H2,1H3,(H,9,10). The van der Waals surface area contributed by atoms with Crippen molar-refractivity contribution in [1.82, 2.24) is 20.7 Å². The maximum Gasteiger partial charge on any atom is 0.270 e. The average molecular weight is 502 g/mol. The maximum atomic E-state index is 13.4. The second-order valence-corrected chi connectivity index (χ2v) is 8.63. The van der Waals surface area contributed by atoms with Gasteiger partial charge in [-0.1, -0.05) is 25.3 Å². The minimum atomic E-state index is -0.466. The number of nitrogens with one attached hydrogen (secondary N) is 2. The number of ether oxygens (including phenoxy) is 1. The van der Waals surface area contributed by atoms with Crippen molar-refractivity contribution in [2.45, 2.75) is 58.5 Å². The quantitative estimate of drug-likeness (QED) is 0.197. The fourth-order valence-electron chi connectivity index (χ4n) is 3.78. The molecule has 2 amide bonds. The topological polar surface area (TPSA) is 148 Å². The number of hydrazone groups is 1. The van der Waals surface area contributed by atoms with Crippen LogP contribution < -0.4 is 26.9 Å². The summed E-state index contributed by atoms with van der Waals surface area (Å²) in [6, 6.07) is 8.07. The number of aryl methyl sites for hydroxylation is 1. The van der Waals surface area contributed by atoms with Crippen LogP contribution in [0.25, 0.3) is 0 Å². The van der Waals surface area contributed by atoms with Crippen LogP contribution in [0.1, 0.15) is 66.3 Å². The van der Waals surface area contributed by atoms with Crippen molar-refractivity contribution in [3.63, 3.8) is 0 Å². The lowest BCUT2D eigenvalue weighted by atomic mass is 9.95. The Bertz CT molecular complexity index is 1070. The predicted molar refractivity (Wildman–Crippen MR) is 136 cm³/mol. The Hall–Kier alpha value is -3.73. The van der Waals surface area contributed by atoms with Crippen LogP contribution in [0, 0.1) is 12.7 Å². The Morgan fingerprint density at radius 3 is 2.53 bits per heavy atom. The highest BCUT2D eigenvalue weighted by molar-refractivity contribution is 6.00. The zero-order chi connectivity index (χ0) is 26.7. The number of hydrazine groups is 1. The average Bonchev–Trinajstić information content (AvgIpc) is 2.83. The molecule has 6 N–H and O–H groups in total. The zero-order valence-electron chi connectivity index (χ0n) is 21.3. The number of nitrogens with two attached hydrogens (primary N) is 2. The third-order valence-corrected chi connectivity index (χ3v) is 5.43. The Morgan fingerprint density at radius 1 is 1.22 bits per heavy atom. The van der Waals surface area contributed by atoms with Gasteiger partial charge in [-0.3, -0.25) is 9.59 Å². The molecule has 36 heavy (non-hydrogen) atoms. The summed E-state index contributed by atoms with van der Waals surface area (Å²) < 4.78 is 18.4. The van der Waals surface area contributed by atoms with Crippen molar-refractivity contribution >= 4 is 17.6 Å². The molecule has 1 fully saturated rings. The van der Waals surface area contributed by atoms with Gasteiger partial charge in [0.2, 0.25) is 5.91 Å². The second-order valence-electron chi connectivity index (χ2n) is 8.63. The number of carbonyl (C=O) groups excluding carboxylic acids is 2. The number of pyridine rings is 1. The van der Waals surface area contributed by atoms with E-state index in [0.717, 1.165) is 5.12 Å². The normalized spacial score (nSPS) is 13.8. The van der Waals surface area contributed by atoms with Crippen molar-refractivity contribution in [2.24, 2.45) is 16.7 Å². The molecule has 0 atom stereocenters. The number of rotatable bonds is 7. The molecule has 2 aromatic rings. The van der Waals surface area contributed by atoms with Crippen LogP contribution >= 0.6 is 0 Å². The molecule has 1 aliphatic carbocycles. The van der Waals surface area contributed by atoms with Crippen LogP contribution in [0.5, 0.6) is 5.75 Å². The van der Waals surface area contributed by atoms with Gasteiger partial charge in [0.05, 0.1) is 7.11 Å². The lowest BCUT2D eigenvalue weighted by molar-refractivity contribution is -0.119. The third-order valence-electron chi connectivity index (χ3n) is 5.43. The minimum absolute atomic E-state index is 0.114. The van der Waals surface area contributed by atoms with Crippen LogP contribution in [0.3, 0.4) is 0 Å². The predicted octanol–water partition coefficient (Wildman–Crippen LogP) is 2.35. The van der Waals surface area contributed by atoms with E-state index >= 15 is 0 Å². The van der Waals surface area contributed by atoms with Gasteiger partial charge in [-0.2, -0.15) is 0 Å². The number of hydrogen-bond donors (Lipinski definition) is 4. The smallest absolute Gasteiger partial charge is 0.270 e. The van der Waals surface area contributed by atoms with Gasteiger partial charge in [-0.05, 0) is 49.6 Å². The lowest BCUT2D eigenvalue weighted by Gasteiger charge is -2.21. The van der Waals surface area contributed by atoms with E-state index in [1.165, 1.54) is 64.5 Å². The minimum Gasteiger partial charge on any atom is -0.494 e. The van der Waals surface area contributed by atoms with Gasteiger partial charge in [0, 0.05) is 37.8 Å². The van der Waals surface area contributed by atoms with Gasteiger partial charge in [-0.15, -0.1) is 5.10 Å². The van der Waals surface area contributed by atoms with Gasteiger partial charge < -0.3 is 21.1 Å². The monoisotopic (exact) mass is 501 g/mol. The number of hydrogen-bond acceptors (Lipinski definition) is 7. The molecule has 196 valence electrons. The summed E-state index contributed by atoms with van der Waals surface area (Å²) >= 11 is 0. The summed E-state index contributed by atoms with van der Waals surface area (Å²) in [4.78, 5) is 27.2. The molecule has 1 heterocycles. The highest BCUT2D eigenvalue weighted by atomic mass is 19.1. The van der Waals surface area contributed by atoms with Gasteiger partial charge in [0.15, 0.2) is 17.4 Å². The molecule has 3 rings (SSSR count). The Balaban J connectivity index is 0.000000380. The SMILES string of the molecule is CC(=O)NC1CCCCC1.COc1cc(CNC(=O)c2cc(/C(N)=N/N(C)N)cc(C)n2)ccc1F.